The summed E-state index contributed by atoms with van der Waals surface area (Å²) in [5.41, 5.74) is 5.33. The van der Waals surface area contributed by atoms with Crippen LogP contribution in [0.25, 0.3) is 6.08 Å². The van der Waals surface area contributed by atoms with Crippen molar-refractivity contribution >= 4 is 34.6 Å². The number of carbonyl (C=O) groups is 1. The van der Waals surface area contributed by atoms with Crippen LogP contribution in [0.15, 0.2) is 88.8 Å². The molecule has 0 atom stereocenters. The van der Waals surface area contributed by atoms with E-state index >= 15 is 0 Å². The molecule has 1 heterocycles. The van der Waals surface area contributed by atoms with Crippen LogP contribution < -0.4 is 0 Å². The first-order chi connectivity index (χ1) is 14.1. The first-order valence-electron chi connectivity index (χ1n) is 9.56. The zero-order valence-electron chi connectivity index (χ0n) is 16.5. The predicted molar refractivity (Wildman–Crippen MR) is 122 cm³/mol. The zero-order chi connectivity index (χ0) is 20.2. The van der Waals surface area contributed by atoms with Crippen LogP contribution in [-0.2, 0) is 11.3 Å². The molecule has 0 unspecified atom stereocenters. The predicted octanol–water partition coefficient (Wildman–Crippen LogP) is 6.11. The molecular weight excluding hydrogens is 376 g/mol. The average molecular weight is 399 g/mol. The SMILES string of the molecule is Cc1ccc(/C=C2/SC(=Nc3ccc(C)cc3)N(Cc3ccccc3)C2=O)cc1. The number of thioether (sulfide) groups is 1. The Morgan fingerprint density at radius 2 is 1.48 bits per heavy atom. The third kappa shape index (κ3) is 4.66. The number of hydrogen-bond acceptors (Lipinski definition) is 3. The summed E-state index contributed by atoms with van der Waals surface area (Å²) in [6.45, 7) is 4.61. The van der Waals surface area contributed by atoms with Gasteiger partial charge in [-0.15, -0.1) is 0 Å². The fraction of sp³-hybridized carbons (Fsp3) is 0.120. The summed E-state index contributed by atoms with van der Waals surface area (Å²) in [7, 11) is 0. The summed E-state index contributed by atoms with van der Waals surface area (Å²) in [5, 5.41) is 0.709. The highest BCUT2D eigenvalue weighted by molar-refractivity contribution is 8.18. The zero-order valence-corrected chi connectivity index (χ0v) is 17.3. The first-order valence-corrected chi connectivity index (χ1v) is 10.4. The molecule has 1 aliphatic heterocycles. The van der Waals surface area contributed by atoms with Gasteiger partial charge in [0.15, 0.2) is 5.17 Å². The Labute approximate surface area is 175 Å². The van der Waals surface area contributed by atoms with Gasteiger partial charge in [-0.05, 0) is 54.9 Å². The van der Waals surface area contributed by atoms with Gasteiger partial charge in [0.05, 0.1) is 17.1 Å². The Bertz CT molecular complexity index is 1070. The van der Waals surface area contributed by atoms with Crippen LogP contribution in [0, 0.1) is 13.8 Å². The summed E-state index contributed by atoms with van der Waals surface area (Å²) in [5.74, 6) is -0.00899. The Balaban J connectivity index is 1.69. The number of amidine groups is 1. The van der Waals surface area contributed by atoms with E-state index < -0.39 is 0 Å². The van der Waals surface area contributed by atoms with E-state index in [1.165, 1.54) is 22.9 Å². The van der Waals surface area contributed by atoms with Crippen molar-refractivity contribution < 1.29 is 4.79 Å². The van der Waals surface area contributed by atoms with Gasteiger partial charge in [-0.2, -0.15) is 0 Å². The second-order valence-corrected chi connectivity index (χ2v) is 8.14. The molecule has 0 aromatic heterocycles. The first kappa shape index (κ1) is 19.2. The van der Waals surface area contributed by atoms with E-state index in [0.717, 1.165) is 16.8 Å². The fourth-order valence-corrected chi connectivity index (χ4v) is 4.04. The average Bonchev–Trinajstić information content (AvgIpc) is 3.01. The van der Waals surface area contributed by atoms with Crippen molar-refractivity contribution in [2.45, 2.75) is 20.4 Å². The van der Waals surface area contributed by atoms with Crippen molar-refractivity contribution in [3.8, 4) is 0 Å². The van der Waals surface area contributed by atoms with Gasteiger partial charge in [-0.25, -0.2) is 4.99 Å². The van der Waals surface area contributed by atoms with Crippen molar-refractivity contribution in [1.29, 1.82) is 0 Å². The lowest BCUT2D eigenvalue weighted by Gasteiger charge is -2.15. The summed E-state index contributed by atoms with van der Waals surface area (Å²) >= 11 is 1.43. The number of amides is 1. The number of aliphatic imine (C=N–C) groups is 1. The molecule has 0 bridgehead atoms. The third-order valence-electron chi connectivity index (χ3n) is 4.71. The molecule has 4 heteroatoms. The molecule has 29 heavy (non-hydrogen) atoms. The minimum Gasteiger partial charge on any atom is -0.282 e. The van der Waals surface area contributed by atoms with E-state index in [9.17, 15) is 4.79 Å². The van der Waals surface area contributed by atoms with E-state index in [2.05, 4.69) is 26.0 Å². The van der Waals surface area contributed by atoms with Crippen molar-refractivity contribution in [2.75, 3.05) is 0 Å². The molecule has 1 aliphatic rings. The van der Waals surface area contributed by atoms with Crippen LogP contribution in [0.1, 0.15) is 22.3 Å². The number of aryl methyl sites for hydroxylation is 2. The Morgan fingerprint density at radius 3 is 2.14 bits per heavy atom. The van der Waals surface area contributed by atoms with Gasteiger partial charge in [0.2, 0.25) is 0 Å². The molecule has 1 amide bonds. The van der Waals surface area contributed by atoms with Crippen LogP contribution in [0.4, 0.5) is 5.69 Å². The van der Waals surface area contributed by atoms with Gasteiger partial charge < -0.3 is 0 Å². The van der Waals surface area contributed by atoms with E-state index in [4.69, 9.17) is 4.99 Å². The lowest BCUT2D eigenvalue weighted by molar-refractivity contribution is -0.122. The number of nitrogens with zero attached hydrogens (tertiary/aromatic N) is 2. The molecule has 3 aromatic rings. The lowest BCUT2D eigenvalue weighted by Crippen LogP contribution is -2.28. The largest absolute Gasteiger partial charge is 0.282 e. The maximum absolute atomic E-state index is 13.2. The summed E-state index contributed by atoms with van der Waals surface area (Å²) in [6, 6.07) is 26.2. The molecule has 3 nitrogen and oxygen atoms in total. The highest BCUT2D eigenvalue weighted by Crippen LogP contribution is 2.35. The lowest BCUT2D eigenvalue weighted by atomic mass is 10.1. The molecule has 1 fully saturated rings. The fourth-order valence-electron chi connectivity index (χ4n) is 3.04. The standard InChI is InChI=1S/C25H22N2OS/c1-18-8-12-20(13-9-18)16-23-24(28)27(17-21-6-4-3-5-7-21)25(29-23)26-22-14-10-19(2)11-15-22/h3-16H,17H2,1-2H3/b23-16+,26-25?. The maximum Gasteiger partial charge on any atom is 0.267 e. The van der Waals surface area contributed by atoms with Gasteiger partial charge in [-0.3, -0.25) is 9.69 Å². The van der Waals surface area contributed by atoms with E-state index in [-0.39, 0.29) is 5.91 Å². The van der Waals surface area contributed by atoms with Crippen LogP contribution in [0.3, 0.4) is 0 Å². The third-order valence-corrected chi connectivity index (χ3v) is 5.71. The molecular formula is C25H22N2OS. The number of benzene rings is 3. The topological polar surface area (TPSA) is 32.7 Å². The molecule has 3 aromatic carbocycles. The molecule has 0 saturated carbocycles. The van der Waals surface area contributed by atoms with Crippen LogP contribution in [0.2, 0.25) is 0 Å². The Kier molecular flexibility index (Phi) is 5.63. The van der Waals surface area contributed by atoms with Crippen LogP contribution >= 0.6 is 11.8 Å². The molecule has 144 valence electrons. The van der Waals surface area contributed by atoms with Crippen molar-refractivity contribution in [1.82, 2.24) is 4.90 Å². The number of rotatable bonds is 4. The van der Waals surface area contributed by atoms with Crippen LogP contribution in [0.5, 0.6) is 0 Å². The number of carbonyl (C=O) groups excluding carboxylic acids is 1. The second kappa shape index (κ2) is 8.50. The summed E-state index contributed by atoms with van der Waals surface area (Å²) in [4.78, 5) is 20.4. The molecule has 0 N–H and O–H groups in total. The van der Waals surface area contributed by atoms with Gasteiger partial charge in [0.1, 0.15) is 0 Å². The van der Waals surface area contributed by atoms with Gasteiger partial charge in [0.25, 0.3) is 5.91 Å². The highest BCUT2D eigenvalue weighted by Gasteiger charge is 2.33. The van der Waals surface area contributed by atoms with E-state index in [1.54, 1.807) is 4.90 Å². The minimum atomic E-state index is -0.00899. The Hall–Kier alpha value is -3.11. The summed E-state index contributed by atoms with van der Waals surface area (Å²) in [6.07, 6.45) is 1.95. The Morgan fingerprint density at radius 1 is 0.862 bits per heavy atom. The van der Waals surface area contributed by atoms with Crippen molar-refractivity contribution in [3.05, 3.63) is 106 Å². The number of hydrogen-bond donors (Lipinski definition) is 0. The normalized spacial score (nSPS) is 16.8. The van der Waals surface area contributed by atoms with E-state index in [0.29, 0.717) is 16.6 Å². The van der Waals surface area contributed by atoms with Crippen LogP contribution in [-0.4, -0.2) is 16.0 Å². The van der Waals surface area contributed by atoms with Gasteiger partial charge >= 0.3 is 0 Å². The van der Waals surface area contributed by atoms with Gasteiger partial charge in [0, 0.05) is 0 Å². The quantitative estimate of drug-likeness (QED) is 0.497. The summed E-state index contributed by atoms with van der Waals surface area (Å²) < 4.78 is 0. The van der Waals surface area contributed by atoms with E-state index in [1.807, 2.05) is 72.8 Å². The molecule has 0 radical (unpaired) electrons. The monoisotopic (exact) mass is 398 g/mol. The molecule has 1 saturated heterocycles. The molecule has 0 aliphatic carbocycles. The second-order valence-electron chi connectivity index (χ2n) is 7.13. The maximum atomic E-state index is 13.2. The van der Waals surface area contributed by atoms with Crippen molar-refractivity contribution in [3.63, 3.8) is 0 Å². The van der Waals surface area contributed by atoms with Crippen molar-refractivity contribution in [2.24, 2.45) is 4.99 Å². The molecule has 0 spiro atoms. The van der Waals surface area contributed by atoms with Gasteiger partial charge in [-0.1, -0.05) is 77.9 Å². The molecule has 4 rings (SSSR count). The highest BCUT2D eigenvalue weighted by atomic mass is 32.2. The minimum absolute atomic E-state index is 0.00899. The smallest absolute Gasteiger partial charge is 0.267 e.